The Labute approximate surface area is 117 Å². The van der Waals surface area contributed by atoms with Crippen molar-refractivity contribution in [2.45, 2.75) is 25.7 Å². The second-order valence-corrected chi connectivity index (χ2v) is 5.56. The van der Waals surface area contributed by atoms with Gasteiger partial charge >= 0.3 is 0 Å². The summed E-state index contributed by atoms with van der Waals surface area (Å²) >= 11 is 0. The predicted octanol–water partition coefficient (Wildman–Crippen LogP) is 3.50. The molecule has 98 valence electrons. The average molecular weight is 262 g/mol. The first-order valence-corrected chi connectivity index (χ1v) is 7.10. The largest absolute Gasteiger partial charge is 0.286 e. The summed E-state index contributed by atoms with van der Waals surface area (Å²) in [5.41, 5.74) is 4.31. The van der Waals surface area contributed by atoms with Crippen LogP contribution in [0.1, 0.15) is 39.9 Å². The van der Waals surface area contributed by atoms with Gasteiger partial charge in [0.05, 0.1) is 0 Å². The maximum Gasteiger partial charge on any atom is 0.233 e. The van der Waals surface area contributed by atoms with Crippen molar-refractivity contribution in [3.05, 3.63) is 52.6 Å². The van der Waals surface area contributed by atoms with Crippen LogP contribution in [-0.2, 0) is 17.6 Å². The molecule has 0 saturated heterocycles. The number of Topliss-reactive ketones (excluding diaryl/α,β-unsaturated/α-hetero) is 1. The first-order valence-electron chi connectivity index (χ1n) is 7.10. The number of carbonyl (C=O) groups is 2. The molecule has 0 fully saturated rings. The third-order valence-corrected chi connectivity index (χ3v) is 4.44. The smallest absolute Gasteiger partial charge is 0.233 e. The van der Waals surface area contributed by atoms with Crippen LogP contribution in [0.25, 0.3) is 16.8 Å². The van der Waals surface area contributed by atoms with Gasteiger partial charge in [-0.25, -0.2) is 0 Å². The van der Waals surface area contributed by atoms with E-state index < -0.39 is 5.78 Å². The highest BCUT2D eigenvalue weighted by Crippen LogP contribution is 2.33. The summed E-state index contributed by atoms with van der Waals surface area (Å²) in [5, 5.41) is 2.34. The van der Waals surface area contributed by atoms with Gasteiger partial charge in [0.2, 0.25) is 11.6 Å². The monoisotopic (exact) mass is 262 g/mol. The number of ketones is 2. The third-order valence-electron chi connectivity index (χ3n) is 4.44. The highest BCUT2D eigenvalue weighted by atomic mass is 16.2. The molecule has 2 aliphatic rings. The summed E-state index contributed by atoms with van der Waals surface area (Å²) in [4.78, 5) is 23.4. The van der Waals surface area contributed by atoms with Crippen LogP contribution in [0, 0.1) is 0 Å². The number of carbonyl (C=O) groups excluding carboxylic acids is 2. The number of fused-ring (bicyclic) bond motifs is 5. The number of allylic oxidation sites excluding steroid dienone is 1. The molecule has 4 rings (SSSR count). The fourth-order valence-electron chi connectivity index (χ4n) is 3.43. The van der Waals surface area contributed by atoms with Gasteiger partial charge in [-0.15, -0.1) is 0 Å². The van der Waals surface area contributed by atoms with Crippen LogP contribution in [0.3, 0.4) is 0 Å². The topological polar surface area (TPSA) is 34.1 Å². The van der Waals surface area contributed by atoms with E-state index in [1.165, 1.54) is 35.4 Å². The number of hydrogen-bond acceptors (Lipinski definition) is 2. The number of rotatable bonds is 0. The molecule has 2 aliphatic carbocycles. The van der Waals surface area contributed by atoms with E-state index >= 15 is 0 Å². The van der Waals surface area contributed by atoms with Crippen molar-refractivity contribution in [2.24, 2.45) is 0 Å². The van der Waals surface area contributed by atoms with Gasteiger partial charge in [0.15, 0.2) is 0 Å². The molecule has 0 spiro atoms. The highest BCUT2D eigenvalue weighted by molar-refractivity contribution is 6.50. The molecule has 0 unspecified atom stereocenters. The standard InChI is InChI=1S/C18H14O2/c19-17-10-9-15-14-6-5-11-3-1-2-4-12(11)13(14)7-8-16(15)18(17)20/h5-10H,1-4H2. The van der Waals surface area contributed by atoms with Crippen molar-refractivity contribution in [3.63, 3.8) is 0 Å². The van der Waals surface area contributed by atoms with Crippen LogP contribution in [0.2, 0.25) is 0 Å². The quantitative estimate of drug-likeness (QED) is 0.681. The molecule has 0 radical (unpaired) electrons. The Bertz CT molecular complexity index is 797. The molecule has 2 heteroatoms. The summed E-state index contributed by atoms with van der Waals surface area (Å²) in [6.07, 6.45) is 7.94. The lowest BCUT2D eigenvalue weighted by Crippen LogP contribution is -2.16. The van der Waals surface area contributed by atoms with Crippen molar-refractivity contribution in [1.29, 1.82) is 0 Å². The molecule has 0 aliphatic heterocycles. The Morgan fingerprint density at radius 1 is 0.800 bits per heavy atom. The number of benzene rings is 2. The molecule has 20 heavy (non-hydrogen) atoms. The van der Waals surface area contributed by atoms with Crippen LogP contribution in [0.15, 0.2) is 30.3 Å². The van der Waals surface area contributed by atoms with Gasteiger partial charge in [-0.05, 0) is 71.4 Å². The van der Waals surface area contributed by atoms with Gasteiger partial charge < -0.3 is 0 Å². The minimum absolute atomic E-state index is 0.387. The van der Waals surface area contributed by atoms with Gasteiger partial charge in [-0.2, -0.15) is 0 Å². The van der Waals surface area contributed by atoms with E-state index in [2.05, 4.69) is 12.1 Å². The molecule has 0 aromatic heterocycles. The summed E-state index contributed by atoms with van der Waals surface area (Å²) in [6.45, 7) is 0. The van der Waals surface area contributed by atoms with Crippen LogP contribution < -0.4 is 0 Å². The SMILES string of the molecule is O=C1C=Cc2c(ccc3c4c(ccc23)CCCC4)C1=O. The van der Waals surface area contributed by atoms with E-state index in [1.54, 1.807) is 6.08 Å². The minimum Gasteiger partial charge on any atom is -0.286 e. The van der Waals surface area contributed by atoms with Crippen molar-refractivity contribution in [2.75, 3.05) is 0 Å². The number of hydrogen-bond donors (Lipinski definition) is 0. The molecule has 0 heterocycles. The molecule has 2 nitrogen and oxygen atoms in total. The fraction of sp³-hybridized carbons (Fsp3) is 0.222. The Balaban J connectivity index is 2.06. The fourth-order valence-corrected chi connectivity index (χ4v) is 3.43. The zero-order valence-corrected chi connectivity index (χ0v) is 11.1. The summed E-state index contributed by atoms with van der Waals surface area (Å²) < 4.78 is 0. The summed E-state index contributed by atoms with van der Waals surface area (Å²) in [6, 6.07) is 8.12. The number of aryl methyl sites for hydroxylation is 2. The van der Waals surface area contributed by atoms with E-state index in [1.807, 2.05) is 12.1 Å². The maximum atomic E-state index is 11.9. The van der Waals surface area contributed by atoms with Crippen LogP contribution in [-0.4, -0.2) is 11.6 Å². The molecule has 0 N–H and O–H groups in total. The first-order chi connectivity index (χ1) is 9.75. The normalized spacial score (nSPS) is 17.2. The van der Waals surface area contributed by atoms with E-state index in [4.69, 9.17) is 0 Å². The van der Waals surface area contributed by atoms with Crippen molar-refractivity contribution >= 4 is 28.4 Å². The second kappa shape index (κ2) is 4.14. The van der Waals surface area contributed by atoms with Crippen molar-refractivity contribution in [1.82, 2.24) is 0 Å². The Morgan fingerprint density at radius 2 is 1.60 bits per heavy atom. The van der Waals surface area contributed by atoms with Crippen molar-refractivity contribution < 1.29 is 9.59 Å². The van der Waals surface area contributed by atoms with E-state index in [0.717, 1.165) is 23.8 Å². The van der Waals surface area contributed by atoms with Gasteiger partial charge in [0.25, 0.3) is 0 Å². The van der Waals surface area contributed by atoms with Gasteiger partial charge in [0, 0.05) is 5.56 Å². The molecule has 0 saturated carbocycles. The molecular formula is C18H14O2. The molecule has 2 aromatic rings. The van der Waals surface area contributed by atoms with Crippen LogP contribution in [0.5, 0.6) is 0 Å². The molecule has 0 bridgehead atoms. The van der Waals surface area contributed by atoms with E-state index in [0.29, 0.717) is 5.56 Å². The molecular weight excluding hydrogens is 248 g/mol. The Hall–Kier alpha value is -2.22. The lowest BCUT2D eigenvalue weighted by atomic mass is 9.84. The van der Waals surface area contributed by atoms with E-state index in [-0.39, 0.29) is 5.78 Å². The Morgan fingerprint density at radius 3 is 2.50 bits per heavy atom. The zero-order valence-electron chi connectivity index (χ0n) is 11.1. The van der Waals surface area contributed by atoms with Gasteiger partial charge in [-0.1, -0.05) is 18.2 Å². The third kappa shape index (κ3) is 1.51. The highest BCUT2D eigenvalue weighted by Gasteiger charge is 2.23. The lowest BCUT2D eigenvalue weighted by Gasteiger charge is -2.20. The molecule has 2 aromatic carbocycles. The van der Waals surface area contributed by atoms with Crippen LogP contribution >= 0.6 is 0 Å². The van der Waals surface area contributed by atoms with Crippen molar-refractivity contribution in [3.8, 4) is 0 Å². The summed E-state index contributed by atoms with van der Waals surface area (Å²) in [7, 11) is 0. The lowest BCUT2D eigenvalue weighted by molar-refractivity contribution is -0.110. The minimum atomic E-state index is -0.421. The average Bonchev–Trinajstić information content (AvgIpc) is 2.50. The molecule has 0 atom stereocenters. The second-order valence-electron chi connectivity index (χ2n) is 5.56. The van der Waals surface area contributed by atoms with Gasteiger partial charge in [-0.3, -0.25) is 9.59 Å². The Kier molecular flexibility index (Phi) is 2.40. The maximum absolute atomic E-state index is 11.9. The van der Waals surface area contributed by atoms with E-state index in [9.17, 15) is 9.59 Å². The van der Waals surface area contributed by atoms with Gasteiger partial charge in [0.1, 0.15) is 0 Å². The predicted molar refractivity (Wildman–Crippen MR) is 79.0 cm³/mol. The van der Waals surface area contributed by atoms with Crippen LogP contribution in [0.4, 0.5) is 0 Å². The molecule has 0 amide bonds. The zero-order chi connectivity index (χ0) is 13.7. The summed E-state index contributed by atoms with van der Waals surface area (Å²) in [5.74, 6) is -0.808. The first kappa shape index (κ1) is 11.6.